The van der Waals surface area contributed by atoms with Gasteiger partial charge in [0.25, 0.3) is 5.91 Å². The van der Waals surface area contributed by atoms with Crippen LogP contribution in [-0.4, -0.2) is 35.0 Å². The minimum Gasteiger partial charge on any atom is -0.477 e. The fourth-order valence-corrected chi connectivity index (χ4v) is 2.87. The van der Waals surface area contributed by atoms with E-state index in [0.29, 0.717) is 0 Å². The molecule has 1 amide bonds. The van der Waals surface area contributed by atoms with Gasteiger partial charge in [-0.05, 0) is 25.0 Å². The number of aromatic carboxylic acids is 1. The third-order valence-corrected chi connectivity index (χ3v) is 4.32. The fraction of sp³-hybridized carbons (Fsp3) is 0.450. The van der Waals surface area contributed by atoms with Gasteiger partial charge in [-0.1, -0.05) is 38.8 Å². The highest BCUT2D eigenvalue weighted by Gasteiger charge is 2.21. The van der Waals surface area contributed by atoms with E-state index in [0.717, 1.165) is 49.7 Å². The van der Waals surface area contributed by atoms with Crippen LogP contribution in [0.4, 0.5) is 0 Å². The number of rotatable bonds is 9. The number of amides is 1. The average Bonchev–Trinajstić information content (AvgIpc) is 2.61. The van der Waals surface area contributed by atoms with Gasteiger partial charge < -0.3 is 10.0 Å². The van der Waals surface area contributed by atoms with Crippen molar-refractivity contribution in [3.05, 3.63) is 42.1 Å². The van der Waals surface area contributed by atoms with Crippen LogP contribution in [-0.2, 0) is 11.3 Å². The Kier molecular flexibility index (Phi) is 6.92. The number of benzene rings is 1. The maximum Gasteiger partial charge on any atom is 0.341 e. The molecule has 0 spiro atoms. The number of hydrogen-bond donors (Lipinski definition) is 1. The Labute approximate surface area is 148 Å². The van der Waals surface area contributed by atoms with Gasteiger partial charge in [-0.2, -0.15) is 4.57 Å². The van der Waals surface area contributed by atoms with Gasteiger partial charge in [0.15, 0.2) is 6.20 Å². The van der Waals surface area contributed by atoms with E-state index < -0.39 is 5.97 Å². The highest BCUT2D eigenvalue weighted by molar-refractivity contribution is 5.91. The monoisotopic (exact) mass is 343 g/mol. The third-order valence-electron chi connectivity index (χ3n) is 4.32. The number of carbonyl (C=O) groups excluding carboxylic acids is 1. The van der Waals surface area contributed by atoms with Crippen LogP contribution in [0.25, 0.3) is 10.9 Å². The van der Waals surface area contributed by atoms with Gasteiger partial charge in [0.1, 0.15) is 5.56 Å². The summed E-state index contributed by atoms with van der Waals surface area (Å²) in [5, 5.41) is 10.2. The van der Waals surface area contributed by atoms with Gasteiger partial charge in [-0.25, -0.2) is 4.79 Å². The van der Waals surface area contributed by atoms with Crippen molar-refractivity contribution >= 4 is 22.8 Å². The first-order valence-electron chi connectivity index (χ1n) is 9.00. The smallest absolute Gasteiger partial charge is 0.341 e. The number of unbranched alkanes of at least 4 members (excludes halogenated alkanes) is 2. The highest BCUT2D eigenvalue weighted by Crippen LogP contribution is 2.12. The Bertz CT molecular complexity index is 735. The molecule has 0 saturated heterocycles. The third kappa shape index (κ3) is 5.02. The number of nitrogens with zero attached hydrogens (tertiary/aromatic N) is 2. The molecule has 25 heavy (non-hydrogen) atoms. The van der Waals surface area contributed by atoms with E-state index >= 15 is 0 Å². The average molecular weight is 343 g/mol. The second-order valence-electron chi connectivity index (χ2n) is 6.31. The Hall–Kier alpha value is -2.43. The van der Waals surface area contributed by atoms with E-state index in [9.17, 15) is 14.7 Å². The lowest BCUT2D eigenvalue weighted by Gasteiger charge is -2.21. The Balaban J connectivity index is 2.30. The largest absolute Gasteiger partial charge is 0.477 e. The molecule has 1 N–H and O–H groups in total. The van der Waals surface area contributed by atoms with Crippen LogP contribution in [0.3, 0.4) is 0 Å². The zero-order valence-electron chi connectivity index (χ0n) is 15.1. The lowest BCUT2D eigenvalue weighted by Crippen LogP contribution is -2.46. The van der Waals surface area contributed by atoms with Crippen molar-refractivity contribution in [3.63, 3.8) is 0 Å². The predicted octanol–water partition coefficient (Wildman–Crippen LogP) is 3.25. The summed E-state index contributed by atoms with van der Waals surface area (Å²) in [6, 6.07) is 9.19. The van der Waals surface area contributed by atoms with E-state index in [4.69, 9.17) is 0 Å². The van der Waals surface area contributed by atoms with Crippen LogP contribution in [0.5, 0.6) is 0 Å². The molecule has 0 fully saturated rings. The van der Waals surface area contributed by atoms with Crippen LogP contribution in [0.2, 0.25) is 0 Å². The Morgan fingerprint density at radius 1 is 1.08 bits per heavy atom. The van der Waals surface area contributed by atoms with Crippen molar-refractivity contribution < 1.29 is 19.3 Å². The molecule has 0 aliphatic carbocycles. The quantitative estimate of drug-likeness (QED) is 0.711. The molecule has 1 aromatic carbocycles. The molecular weight excluding hydrogens is 316 g/mol. The minimum absolute atomic E-state index is 0.0413. The van der Waals surface area contributed by atoms with Gasteiger partial charge in [0.05, 0.1) is 0 Å². The number of carboxylic acids is 1. The molecule has 5 heteroatoms. The van der Waals surface area contributed by atoms with Crippen molar-refractivity contribution in [1.29, 1.82) is 0 Å². The molecule has 2 rings (SSSR count). The summed E-state index contributed by atoms with van der Waals surface area (Å²) in [4.78, 5) is 26.1. The molecule has 0 aliphatic heterocycles. The van der Waals surface area contributed by atoms with Crippen molar-refractivity contribution in [2.24, 2.45) is 0 Å². The van der Waals surface area contributed by atoms with Gasteiger partial charge in [0, 0.05) is 24.5 Å². The lowest BCUT2D eigenvalue weighted by molar-refractivity contribution is -0.659. The second kappa shape index (κ2) is 9.16. The molecule has 5 nitrogen and oxygen atoms in total. The minimum atomic E-state index is -0.985. The summed E-state index contributed by atoms with van der Waals surface area (Å²) in [7, 11) is 0. The zero-order valence-corrected chi connectivity index (χ0v) is 15.1. The summed E-state index contributed by atoms with van der Waals surface area (Å²) in [6.45, 7) is 5.90. The summed E-state index contributed by atoms with van der Waals surface area (Å²) in [6.07, 6.45) is 5.60. The molecule has 0 atom stereocenters. The first-order chi connectivity index (χ1) is 12.1. The molecule has 0 saturated carbocycles. The topological polar surface area (TPSA) is 61.5 Å². The van der Waals surface area contributed by atoms with Crippen molar-refractivity contribution in [3.8, 4) is 0 Å². The first kappa shape index (κ1) is 18.9. The molecule has 134 valence electrons. The lowest BCUT2D eigenvalue weighted by atomic mass is 10.1. The summed E-state index contributed by atoms with van der Waals surface area (Å²) in [5.41, 5.74) is 1.06. The van der Waals surface area contributed by atoms with Gasteiger partial charge in [-0.15, -0.1) is 0 Å². The number of fused-ring (bicyclic) bond motifs is 1. The second-order valence-corrected chi connectivity index (χ2v) is 6.31. The molecule has 0 radical (unpaired) electrons. The van der Waals surface area contributed by atoms with Crippen LogP contribution >= 0.6 is 0 Å². The molecule has 1 heterocycles. The first-order valence-corrected chi connectivity index (χ1v) is 9.00. The Morgan fingerprint density at radius 3 is 2.32 bits per heavy atom. The number of pyridine rings is 1. The Morgan fingerprint density at radius 2 is 1.72 bits per heavy atom. The number of hydrogen-bond acceptors (Lipinski definition) is 2. The van der Waals surface area contributed by atoms with Crippen LogP contribution in [0.15, 0.2) is 36.5 Å². The number of aromatic nitrogens is 1. The summed E-state index contributed by atoms with van der Waals surface area (Å²) < 4.78 is 1.76. The standard InChI is InChI=1S/C20H26N2O3/c1-3-5-11-21(12-6-4-2)19(23)15-22-14-17(20(24)25)13-16-9-7-8-10-18(16)22/h7-10,13-14H,3-6,11-12,15H2,1-2H3/p+1. The number of para-hydroxylation sites is 1. The van der Waals surface area contributed by atoms with Crippen LogP contribution in [0.1, 0.15) is 49.9 Å². The maximum absolute atomic E-state index is 12.8. The molecule has 2 aromatic rings. The normalized spacial score (nSPS) is 10.8. The summed E-state index contributed by atoms with van der Waals surface area (Å²) >= 11 is 0. The molecular formula is C20H27N2O3+. The fourth-order valence-electron chi connectivity index (χ4n) is 2.87. The maximum atomic E-state index is 12.8. The van der Waals surface area contributed by atoms with Crippen LogP contribution in [0, 0.1) is 0 Å². The van der Waals surface area contributed by atoms with E-state index in [1.54, 1.807) is 16.8 Å². The van der Waals surface area contributed by atoms with Crippen molar-refractivity contribution in [1.82, 2.24) is 4.90 Å². The van der Waals surface area contributed by atoms with Crippen molar-refractivity contribution in [2.75, 3.05) is 13.1 Å². The zero-order chi connectivity index (χ0) is 18.2. The molecule has 0 unspecified atom stereocenters. The van der Waals surface area contributed by atoms with Gasteiger partial charge in [-0.3, -0.25) is 4.79 Å². The molecule has 1 aromatic heterocycles. The predicted molar refractivity (Wildman–Crippen MR) is 97.5 cm³/mol. The van der Waals surface area contributed by atoms with E-state index in [-0.39, 0.29) is 18.0 Å². The SMILES string of the molecule is CCCCN(CCCC)C(=O)C[n+]1cc(C(=O)O)cc2ccccc21. The van der Waals surface area contributed by atoms with Crippen LogP contribution < -0.4 is 4.57 Å². The molecule has 0 bridgehead atoms. The van der Waals surface area contributed by atoms with E-state index in [1.165, 1.54) is 0 Å². The highest BCUT2D eigenvalue weighted by atomic mass is 16.4. The molecule has 0 aliphatic rings. The summed E-state index contributed by atoms with van der Waals surface area (Å²) in [5.74, 6) is -0.944. The van der Waals surface area contributed by atoms with Crippen molar-refractivity contribution in [2.45, 2.75) is 46.1 Å². The number of carbonyl (C=O) groups is 2. The van der Waals surface area contributed by atoms with Gasteiger partial charge >= 0.3 is 5.97 Å². The van der Waals surface area contributed by atoms with E-state index in [2.05, 4.69) is 13.8 Å². The number of carboxylic acid groups (broad SMARTS) is 1. The van der Waals surface area contributed by atoms with E-state index in [1.807, 2.05) is 29.2 Å². The van der Waals surface area contributed by atoms with Gasteiger partial charge in [0.2, 0.25) is 12.1 Å².